The second-order valence-corrected chi connectivity index (χ2v) is 10.2. The molecule has 33 heavy (non-hydrogen) atoms. The van der Waals surface area contributed by atoms with E-state index in [1.54, 1.807) is 18.2 Å². The van der Waals surface area contributed by atoms with Crippen LogP contribution in [0.25, 0.3) is 0 Å². The van der Waals surface area contributed by atoms with Gasteiger partial charge in [0.25, 0.3) is 5.91 Å². The van der Waals surface area contributed by atoms with Crippen LogP contribution in [0.15, 0.2) is 47.4 Å². The number of ether oxygens (including phenoxy) is 1. The second-order valence-electron chi connectivity index (χ2n) is 7.94. The van der Waals surface area contributed by atoms with Gasteiger partial charge in [-0.1, -0.05) is 44.0 Å². The van der Waals surface area contributed by atoms with E-state index < -0.39 is 15.9 Å². The molecule has 2 aromatic rings. The second kappa shape index (κ2) is 11.8. The molecule has 1 fully saturated rings. The minimum absolute atomic E-state index is 0.0394. The predicted molar refractivity (Wildman–Crippen MR) is 132 cm³/mol. The van der Waals surface area contributed by atoms with Gasteiger partial charge < -0.3 is 15.0 Å². The van der Waals surface area contributed by atoms with E-state index in [2.05, 4.69) is 24.1 Å². The van der Waals surface area contributed by atoms with Gasteiger partial charge in [-0.2, -0.15) is 4.31 Å². The molecule has 0 unspecified atom stereocenters. The summed E-state index contributed by atoms with van der Waals surface area (Å²) in [5, 5.41) is 2.95. The maximum Gasteiger partial charge on any atom is 0.255 e. The lowest BCUT2D eigenvalue weighted by atomic mass is 10.2. The molecule has 0 aromatic heterocycles. The minimum Gasteiger partial charge on any atom is -0.490 e. The number of halogens is 1. The van der Waals surface area contributed by atoms with Crippen LogP contribution in [-0.2, 0) is 10.0 Å². The van der Waals surface area contributed by atoms with Gasteiger partial charge in [0, 0.05) is 25.2 Å². The molecule has 2 aromatic carbocycles. The zero-order valence-corrected chi connectivity index (χ0v) is 20.8. The van der Waals surface area contributed by atoms with Crippen molar-refractivity contribution in [2.24, 2.45) is 0 Å². The van der Waals surface area contributed by atoms with Crippen molar-refractivity contribution in [2.45, 2.75) is 38.0 Å². The molecule has 1 N–H and O–H groups in total. The van der Waals surface area contributed by atoms with Crippen LogP contribution in [0.2, 0.25) is 5.02 Å². The largest absolute Gasteiger partial charge is 0.490 e. The SMILES string of the molecule is CCN(CC)CCOc1ccccc1NC(=O)c1ccc(Cl)c(S(=O)(=O)N2CCCCC2)c1. The summed E-state index contributed by atoms with van der Waals surface area (Å²) >= 11 is 6.24. The Labute approximate surface area is 201 Å². The van der Waals surface area contributed by atoms with Crippen LogP contribution in [0.4, 0.5) is 5.69 Å². The Morgan fingerprint density at radius 3 is 2.48 bits per heavy atom. The lowest BCUT2D eigenvalue weighted by Gasteiger charge is -2.26. The summed E-state index contributed by atoms with van der Waals surface area (Å²) < 4.78 is 33.6. The molecule has 1 aliphatic rings. The molecular weight excluding hydrogens is 462 g/mol. The first-order valence-corrected chi connectivity index (χ1v) is 13.2. The highest BCUT2D eigenvalue weighted by Gasteiger charge is 2.29. The molecule has 0 aliphatic carbocycles. The summed E-state index contributed by atoms with van der Waals surface area (Å²) in [5.41, 5.74) is 0.741. The molecule has 7 nitrogen and oxygen atoms in total. The van der Waals surface area contributed by atoms with Crippen molar-refractivity contribution in [1.29, 1.82) is 0 Å². The maximum absolute atomic E-state index is 13.1. The summed E-state index contributed by atoms with van der Waals surface area (Å²) in [7, 11) is -3.76. The normalized spacial score (nSPS) is 14.9. The monoisotopic (exact) mass is 493 g/mol. The van der Waals surface area contributed by atoms with Gasteiger partial charge in [0.15, 0.2) is 0 Å². The van der Waals surface area contributed by atoms with Crippen LogP contribution in [0.5, 0.6) is 5.75 Å². The highest BCUT2D eigenvalue weighted by molar-refractivity contribution is 7.89. The zero-order chi connectivity index (χ0) is 23.8. The third kappa shape index (κ3) is 6.47. The molecule has 1 heterocycles. The van der Waals surface area contributed by atoms with E-state index >= 15 is 0 Å². The third-order valence-corrected chi connectivity index (χ3v) is 8.20. The smallest absolute Gasteiger partial charge is 0.255 e. The first-order chi connectivity index (χ1) is 15.9. The standard InChI is InChI=1S/C24H32ClN3O4S/c1-3-27(4-2)16-17-32-22-11-7-6-10-21(22)26-24(29)19-12-13-20(25)23(18-19)33(30,31)28-14-8-5-9-15-28/h6-7,10-13,18H,3-5,8-9,14-17H2,1-2H3,(H,26,29). The summed E-state index contributed by atoms with van der Waals surface area (Å²) in [6.07, 6.45) is 2.66. The fourth-order valence-corrected chi connectivity index (χ4v) is 5.82. The third-order valence-electron chi connectivity index (χ3n) is 5.82. The van der Waals surface area contributed by atoms with Crippen LogP contribution < -0.4 is 10.1 Å². The van der Waals surface area contributed by atoms with Gasteiger partial charge in [0.05, 0.1) is 10.7 Å². The zero-order valence-electron chi connectivity index (χ0n) is 19.2. The fourth-order valence-electron chi connectivity index (χ4n) is 3.80. The van der Waals surface area contributed by atoms with E-state index in [-0.39, 0.29) is 15.5 Å². The molecule has 0 radical (unpaired) electrons. The highest BCUT2D eigenvalue weighted by atomic mass is 35.5. The Kier molecular flexibility index (Phi) is 9.14. The van der Waals surface area contributed by atoms with Crippen molar-refractivity contribution in [2.75, 3.05) is 44.6 Å². The van der Waals surface area contributed by atoms with Gasteiger partial charge in [-0.05, 0) is 56.3 Å². The van der Waals surface area contributed by atoms with Gasteiger partial charge in [-0.25, -0.2) is 8.42 Å². The van der Waals surface area contributed by atoms with Crippen molar-refractivity contribution in [1.82, 2.24) is 9.21 Å². The number of benzene rings is 2. The number of nitrogens with one attached hydrogen (secondary N) is 1. The number of hydrogen-bond acceptors (Lipinski definition) is 5. The number of amides is 1. The van der Waals surface area contributed by atoms with Crippen molar-refractivity contribution < 1.29 is 17.9 Å². The molecule has 9 heteroatoms. The summed E-state index contributed by atoms with van der Waals surface area (Å²) in [4.78, 5) is 15.2. The Morgan fingerprint density at radius 2 is 1.79 bits per heavy atom. The van der Waals surface area contributed by atoms with Crippen LogP contribution in [0, 0.1) is 0 Å². The first kappa shape index (κ1) is 25.5. The Balaban J connectivity index is 1.76. The van der Waals surface area contributed by atoms with Gasteiger partial charge in [-0.15, -0.1) is 0 Å². The molecule has 0 spiro atoms. The van der Waals surface area contributed by atoms with Crippen molar-refractivity contribution in [3.05, 3.63) is 53.1 Å². The fraction of sp³-hybridized carbons (Fsp3) is 0.458. The quantitative estimate of drug-likeness (QED) is 0.527. The van der Waals surface area contributed by atoms with Crippen molar-refractivity contribution in [3.8, 4) is 5.75 Å². The number of anilines is 1. The molecule has 180 valence electrons. The van der Waals surface area contributed by atoms with Gasteiger partial charge in [-0.3, -0.25) is 4.79 Å². The van der Waals surface area contributed by atoms with Gasteiger partial charge in [0.2, 0.25) is 10.0 Å². The number of carbonyl (C=O) groups excluding carboxylic acids is 1. The Hall–Kier alpha value is -2.13. The van der Waals surface area contributed by atoms with E-state index in [0.29, 0.717) is 31.1 Å². The van der Waals surface area contributed by atoms with E-state index in [9.17, 15) is 13.2 Å². The number of sulfonamides is 1. The number of likely N-dealkylation sites (N-methyl/N-ethyl adjacent to an activating group) is 1. The topological polar surface area (TPSA) is 79.0 Å². The van der Waals surface area contributed by atoms with Crippen molar-refractivity contribution in [3.63, 3.8) is 0 Å². The van der Waals surface area contributed by atoms with E-state index in [1.165, 1.54) is 22.5 Å². The molecule has 0 atom stereocenters. The van der Waals surface area contributed by atoms with Gasteiger partial charge in [0.1, 0.15) is 17.3 Å². The van der Waals surface area contributed by atoms with Crippen molar-refractivity contribution >= 4 is 33.2 Å². The van der Waals surface area contributed by atoms with Crippen LogP contribution in [0.1, 0.15) is 43.5 Å². The van der Waals surface area contributed by atoms with E-state index in [1.807, 2.05) is 6.07 Å². The van der Waals surface area contributed by atoms with Gasteiger partial charge >= 0.3 is 0 Å². The Bertz CT molecular complexity index is 1050. The summed E-state index contributed by atoms with van der Waals surface area (Å²) in [6.45, 7) is 8.29. The number of piperidine rings is 1. The maximum atomic E-state index is 13.1. The summed E-state index contributed by atoms with van der Waals surface area (Å²) in [6, 6.07) is 11.5. The summed E-state index contributed by atoms with van der Waals surface area (Å²) in [5.74, 6) is 0.134. The lowest BCUT2D eigenvalue weighted by Crippen LogP contribution is -2.35. The first-order valence-electron chi connectivity index (χ1n) is 11.4. The van der Waals surface area contributed by atoms with E-state index in [4.69, 9.17) is 16.3 Å². The molecule has 1 aliphatic heterocycles. The number of para-hydroxylation sites is 2. The highest BCUT2D eigenvalue weighted by Crippen LogP contribution is 2.29. The predicted octanol–water partition coefficient (Wildman–Crippen LogP) is 4.49. The average Bonchev–Trinajstić information content (AvgIpc) is 2.83. The molecule has 1 amide bonds. The lowest BCUT2D eigenvalue weighted by molar-refractivity contribution is 0.102. The molecular formula is C24H32ClN3O4S. The van der Waals surface area contributed by atoms with Crippen LogP contribution >= 0.6 is 11.6 Å². The molecule has 0 saturated carbocycles. The van der Waals surface area contributed by atoms with Crippen LogP contribution in [0.3, 0.4) is 0 Å². The number of carbonyl (C=O) groups is 1. The van der Waals surface area contributed by atoms with Crippen LogP contribution in [-0.4, -0.2) is 62.9 Å². The minimum atomic E-state index is -3.76. The molecule has 3 rings (SSSR count). The Morgan fingerprint density at radius 1 is 1.09 bits per heavy atom. The molecule has 0 bridgehead atoms. The molecule has 1 saturated heterocycles. The number of hydrogen-bond donors (Lipinski definition) is 1. The average molecular weight is 494 g/mol. The van der Waals surface area contributed by atoms with E-state index in [0.717, 1.165) is 38.9 Å². The number of rotatable bonds is 10. The number of nitrogens with zero attached hydrogens (tertiary/aromatic N) is 2.